The third-order valence-electron chi connectivity index (χ3n) is 5.32. The van der Waals surface area contributed by atoms with Gasteiger partial charge in [-0.1, -0.05) is 32.4 Å². The number of morpholine rings is 1. The van der Waals surface area contributed by atoms with Crippen LogP contribution in [0.4, 0.5) is 4.39 Å². The predicted molar refractivity (Wildman–Crippen MR) is 106 cm³/mol. The topological polar surface area (TPSA) is 58.6 Å². The first-order valence-electron chi connectivity index (χ1n) is 10.2. The van der Waals surface area contributed by atoms with Gasteiger partial charge in [-0.05, 0) is 55.4 Å². The van der Waals surface area contributed by atoms with Gasteiger partial charge in [-0.2, -0.15) is 0 Å². The van der Waals surface area contributed by atoms with E-state index >= 15 is 0 Å². The molecule has 1 aromatic rings. The molecule has 0 spiro atoms. The van der Waals surface area contributed by atoms with E-state index in [4.69, 9.17) is 4.74 Å². The van der Waals surface area contributed by atoms with Crippen molar-refractivity contribution in [3.05, 3.63) is 41.4 Å². The number of fused-ring (bicyclic) bond motifs is 1. The number of halogens is 1. The zero-order valence-electron chi connectivity index (χ0n) is 16.6. The SMILES string of the molecule is CC(C)CCNC(=O)CN1C(=O)/C(=C\c2cccc(F)c2)OC2CCCCC21. The molecule has 28 heavy (non-hydrogen) atoms. The fourth-order valence-corrected chi connectivity index (χ4v) is 3.82. The van der Waals surface area contributed by atoms with Crippen LogP contribution in [0.3, 0.4) is 0 Å². The molecule has 1 N–H and O–H groups in total. The number of carbonyl (C=O) groups excluding carboxylic acids is 2. The highest BCUT2D eigenvalue weighted by molar-refractivity contribution is 5.98. The van der Waals surface area contributed by atoms with Crippen molar-refractivity contribution in [2.75, 3.05) is 13.1 Å². The zero-order valence-corrected chi connectivity index (χ0v) is 16.6. The third-order valence-corrected chi connectivity index (χ3v) is 5.32. The summed E-state index contributed by atoms with van der Waals surface area (Å²) in [7, 11) is 0. The van der Waals surface area contributed by atoms with Gasteiger partial charge in [0.05, 0.1) is 6.04 Å². The van der Waals surface area contributed by atoms with Crippen LogP contribution >= 0.6 is 0 Å². The van der Waals surface area contributed by atoms with Crippen LogP contribution in [0.15, 0.2) is 30.0 Å². The van der Waals surface area contributed by atoms with Crippen LogP contribution in [0.2, 0.25) is 0 Å². The Bertz CT molecular complexity index is 747. The summed E-state index contributed by atoms with van der Waals surface area (Å²) in [4.78, 5) is 27.1. The monoisotopic (exact) mass is 388 g/mol. The van der Waals surface area contributed by atoms with E-state index in [0.717, 1.165) is 32.1 Å². The number of carbonyl (C=O) groups is 2. The molecule has 0 radical (unpaired) electrons. The van der Waals surface area contributed by atoms with Crippen LogP contribution in [0.25, 0.3) is 6.08 Å². The van der Waals surface area contributed by atoms with Gasteiger partial charge in [-0.15, -0.1) is 0 Å². The summed E-state index contributed by atoms with van der Waals surface area (Å²) >= 11 is 0. The van der Waals surface area contributed by atoms with Gasteiger partial charge >= 0.3 is 0 Å². The maximum atomic E-state index is 13.5. The van der Waals surface area contributed by atoms with Gasteiger partial charge in [-0.3, -0.25) is 9.59 Å². The molecule has 1 saturated carbocycles. The maximum absolute atomic E-state index is 13.5. The highest BCUT2D eigenvalue weighted by atomic mass is 19.1. The number of rotatable bonds is 6. The Morgan fingerprint density at radius 2 is 2.14 bits per heavy atom. The van der Waals surface area contributed by atoms with Crippen molar-refractivity contribution in [2.45, 2.75) is 58.1 Å². The van der Waals surface area contributed by atoms with Gasteiger partial charge in [0.1, 0.15) is 18.5 Å². The Morgan fingerprint density at radius 3 is 2.89 bits per heavy atom. The van der Waals surface area contributed by atoms with Crippen LogP contribution in [-0.2, 0) is 14.3 Å². The molecule has 152 valence electrons. The van der Waals surface area contributed by atoms with Crippen molar-refractivity contribution in [3.63, 3.8) is 0 Å². The summed E-state index contributed by atoms with van der Waals surface area (Å²) in [6, 6.07) is 5.96. The third kappa shape index (κ3) is 5.12. The Morgan fingerprint density at radius 1 is 1.36 bits per heavy atom. The Kier molecular flexibility index (Phi) is 6.70. The highest BCUT2D eigenvalue weighted by Gasteiger charge is 2.42. The van der Waals surface area contributed by atoms with E-state index in [1.807, 2.05) is 0 Å². The first kappa shape index (κ1) is 20.4. The first-order chi connectivity index (χ1) is 13.4. The maximum Gasteiger partial charge on any atom is 0.289 e. The zero-order chi connectivity index (χ0) is 20.1. The number of ether oxygens (including phenoxy) is 1. The minimum atomic E-state index is -0.366. The Hall–Kier alpha value is -2.37. The van der Waals surface area contributed by atoms with Gasteiger partial charge in [0.15, 0.2) is 5.76 Å². The number of nitrogens with zero attached hydrogens (tertiary/aromatic N) is 1. The molecule has 2 atom stereocenters. The van der Waals surface area contributed by atoms with Crippen LogP contribution in [0.1, 0.15) is 51.5 Å². The molecule has 0 bridgehead atoms. The van der Waals surface area contributed by atoms with E-state index in [1.54, 1.807) is 23.1 Å². The summed E-state index contributed by atoms with van der Waals surface area (Å²) in [5.74, 6) is -0.121. The molecule has 1 aliphatic heterocycles. The summed E-state index contributed by atoms with van der Waals surface area (Å²) in [6.07, 6.45) is 6.10. The molecule has 1 saturated heterocycles. The molecular weight excluding hydrogens is 359 g/mol. The Balaban J connectivity index is 1.76. The molecule has 1 aromatic carbocycles. The summed E-state index contributed by atoms with van der Waals surface area (Å²) in [5, 5.41) is 2.91. The minimum absolute atomic E-state index is 0.0297. The summed E-state index contributed by atoms with van der Waals surface area (Å²) in [5.41, 5.74) is 0.568. The fourth-order valence-electron chi connectivity index (χ4n) is 3.82. The lowest BCUT2D eigenvalue weighted by molar-refractivity contribution is -0.151. The lowest BCUT2D eigenvalue weighted by atomic mass is 9.89. The average molecular weight is 388 g/mol. The lowest BCUT2D eigenvalue weighted by Crippen LogP contribution is -2.57. The summed E-state index contributed by atoms with van der Waals surface area (Å²) < 4.78 is 19.5. The molecule has 1 heterocycles. The van der Waals surface area contributed by atoms with Crippen molar-refractivity contribution in [1.29, 1.82) is 0 Å². The predicted octanol–water partition coefficient (Wildman–Crippen LogP) is 3.50. The first-order valence-corrected chi connectivity index (χ1v) is 10.2. The van der Waals surface area contributed by atoms with Crippen molar-refractivity contribution < 1.29 is 18.7 Å². The molecule has 2 fully saturated rings. The van der Waals surface area contributed by atoms with E-state index < -0.39 is 0 Å². The number of nitrogens with one attached hydrogen (secondary N) is 1. The summed E-state index contributed by atoms with van der Waals surface area (Å²) in [6.45, 7) is 4.85. The van der Waals surface area contributed by atoms with Crippen molar-refractivity contribution in [2.24, 2.45) is 5.92 Å². The van der Waals surface area contributed by atoms with Gasteiger partial charge in [0.25, 0.3) is 5.91 Å². The molecule has 6 heteroatoms. The van der Waals surface area contributed by atoms with Crippen LogP contribution < -0.4 is 5.32 Å². The van der Waals surface area contributed by atoms with Gasteiger partial charge in [0, 0.05) is 6.54 Å². The standard InChI is InChI=1S/C22H29FN2O3/c1-15(2)10-11-24-21(26)14-25-18-8-3-4-9-19(18)28-20(22(25)27)13-16-6-5-7-17(23)12-16/h5-7,12-13,15,18-19H,3-4,8-11,14H2,1-2H3,(H,24,26)/b20-13+. The quantitative estimate of drug-likeness (QED) is 0.759. The minimum Gasteiger partial charge on any atom is -0.482 e. The van der Waals surface area contributed by atoms with E-state index in [2.05, 4.69) is 19.2 Å². The molecular formula is C22H29FN2O3. The van der Waals surface area contributed by atoms with Gasteiger partial charge in [0.2, 0.25) is 5.91 Å². The van der Waals surface area contributed by atoms with Crippen LogP contribution in [-0.4, -0.2) is 41.9 Å². The molecule has 2 aliphatic rings. The Labute approximate surface area is 165 Å². The second-order valence-corrected chi connectivity index (χ2v) is 8.04. The molecule has 0 aromatic heterocycles. The molecule has 2 amide bonds. The van der Waals surface area contributed by atoms with E-state index in [9.17, 15) is 14.0 Å². The smallest absolute Gasteiger partial charge is 0.289 e. The van der Waals surface area contributed by atoms with Crippen molar-refractivity contribution >= 4 is 17.9 Å². The van der Waals surface area contributed by atoms with E-state index in [0.29, 0.717) is 18.0 Å². The normalized spacial score (nSPS) is 23.5. The fraction of sp³-hybridized carbons (Fsp3) is 0.545. The number of amides is 2. The van der Waals surface area contributed by atoms with Gasteiger partial charge < -0.3 is 15.0 Å². The van der Waals surface area contributed by atoms with Crippen molar-refractivity contribution in [3.8, 4) is 0 Å². The highest BCUT2D eigenvalue weighted by Crippen LogP contribution is 2.33. The molecule has 1 aliphatic carbocycles. The number of benzene rings is 1. The van der Waals surface area contributed by atoms with Gasteiger partial charge in [-0.25, -0.2) is 4.39 Å². The second kappa shape index (κ2) is 9.22. The number of hydrogen-bond donors (Lipinski definition) is 1. The van der Waals surface area contributed by atoms with E-state index in [1.165, 1.54) is 12.1 Å². The number of hydrogen-bond acceptors (Lipinski definition) is 3. The molecule has 2 unspecified atom stereocenters. The molecule has 3 rings (SSSR count). The second-order valence-electron chi connectivity index (χ2n) is 8.04. The lowest BCUT2D eigenvalue weighted by Gasteiger charge is -2.44. The van der Waals surface area contributed by atoms with Crippen LogP contribution in [0, 0.1) is 11.7 Å². The van der Waals surface area contributed by atoms with Crippen molar-refractivity contribution in [1.82, 2.24) is 10.2 Å². The largest absolute Gasteiger partial charge is 0.482 e. The van der Waals surface area contributed by atoms with E-state index in [-0.39, 0.29) is 42.1 Å². The van der Waals surface area contributed by atoms with Crippen LogP contribution in [0.5, 0.6) is 0 Å². The molecule has 5 nitrogen and oxygen atoms in total. The average Bonchev–Trinajstić information content (AvgIpc) is 2.65.